The standard InChI is InChI=1S/C23H16N2O2/c24-22(26)16-6-2-1-5-14(16)15-8-9-17-18-12-13-4-3-7-19-20(13)23(17,10-11-25-18)21(15)27-19/h1-9,11H,10,12H2,(H2,24,26). The second-order valence-corrected chi connectivity index (χ2v) is 7.34. The lowest BCUT2D eigenvalue weighted by molar-refractivity contribution is 0.1000. The maximum Gasteiger partial charge on any atom is 0.249 e. The van der Waals surface area contributed by atoms with E-state index in [0.29, 0.717) is 5.56 Å². The quantitative estimate of drug-likeness (QED) is 0.896. The summed E-state index contributed by atoms with van der Waals surface area (Å²) in [5.74, 6) is 1.36. The summed E-state index contributed by atoms with van der Waals surface area (Å²) in [5.41, 5.74) is 12.4. The van der Waals surface area contributed by atoms with Gasteiger partial charge in [0, 0.05) is 41.5 Å². The smallest absolute Gasteiger partial charge is 0.249 e. The summed E-state index contributed by atoms with van der Waals surface area (Å²) >= 11 is 0. The molecule has 4 aliphatic rings. The number of carbonyl (C=O) groups excluding carboxylic acids is 1. The molecule has 2 aromatic rings. The number of benzene rings is 2. The lowest BCUT2D eigenvalue weighted by Gasteiger charge is -2.40. The molecule has 0 saturated carbocycles. The van der Waals surface area contributed by atoms with Crippen molar-refractivity contribution in [3.8, 4) is 5.75 Å². The van der Waals surface area contributed by atoms with Gasteiger partial charge in [0.05, 0.1) is 5.41 Å². The number of hydrogen-bond donors (Lipinski definition) is 1. The van der Waals surface area contributed by atoms with Crippen LogP contribution in [-0.4, -0.2) is 12.1 Å². The molecule has 27 heavy (non-hydrogen) atoms. The van der Waals surface area contributed by atoms with E-state index < -0.39 is 5.91 Å². The highest BCUT2D eigenvalue weighted by atomic mass is 16.5. The molecule has 2 heterocycles. The molecule has 0 fully saturated rings. The van der Waals surface area contributed by atoms with Gasteiger partial charge in [0.2, 0.25) is 5.91 Å². The minimum atomic E-state index is -0.434. The second-order valence-electron chi connectivity index (χ2n) is 7.34. The van der Waals surface area contributed by atoms with Gasteiger partial charge < -0.3 is 10.5 Å². The van der Waals surface area contributed by atoms with E-state index in [0.717, 1.165) is 41.2 Å². The zero-order chi connectivity index (χ0) is 18.2. The summed E-state index contributed by atoms with van der Waals surface area (Å²) in [6.45, 7) is 0. The maximum absolute atomic E-state index is 12.0. The van der Waals surface area contributed by atoms with Crippen molar-refractivity contribution in [3.63, 3.8) is 0 Å². The molecule has 2 aliphatic heterocycles. The van der Waals surface area contributed by atoms with Crippen LogP contribution >= 0.6 is 0 Å². The van der Waals surface area contributed by atoms with Gasteiger partial charge in [0.15, 0.2) is 0 Å². The number of allylic oxidation sites excluding steroid dienone is 5. The number of rotatable bonds is 2. The summed E-state index contributed by atoms with van der Waals surface area (Å²) in [6.07, 6.45) is 7.78. The Morgan fingerprint density at radius 3 is 2.89 bits per heavy atom. The maximum atomic E-state index is 12.0. The van der Waals surface area contributed by atoms with Crippen molar-refractivity contribution in [2.75, 3.05) is 0 Å². The first-order valence-electron chi connectivity index (χ1n) is 9.08. The Kier molecular flexibility index (Phi) is 2.65. The van der Waals surface area contributed by atoms with Crippen molar-refractivity contribution in [3.05, 3.63) is 93.9 Å². The topological polar surface area (TPSA) is 64.7 Å². The molecule has 2 N–H and O–H groups in total. The molecule has 4 heteroatoms. The average molecular weight is 352 g/mol. The molecule has 1 unspecified atom stereocenters. The molecule has 4 nitrogen and oxygen atoms in total. The largest absolute Gasteiger partial charge is 0.459 e. The van der Waals surface area contributed by atoms with Crippen LogP contribution in [0.5, 0.6) is 5.75 Å². The van der Waals surface area contributed by atoms with Crippen LogP contribution in [0.15, 0.2) is 76.6 Å². The van der Waals surface area contributed by atoms with Gasteiger partial charge in [-0.15, -0.1) is 0 Å². The van der Waals surface area contributed by atoms with E-state index >= 15 is 0 Å². The number of amides is 1. The Morgan fingerprint density at radius 2 is 2.00 bits per heavy atom. The lowest BCUT2D eigenvalue weighted by atomic mass is 9.62. The molecule has 2 bridgehead atoms. The predicted octanol–water partition coefficient (Wildman–Crippen LogP) is 3.68. The zero-order valence-electron chi connectivity index (χ0n) is 14.5. The number of ether oxygens (including phenoxy) is 1. The minimum absolute atomic E-state index is 0.337. The summed E-state index contributed by atoms with van der Waals surface area (Å²) in [6, 6.07) is 13.7. The van der Waals surface area contributed by atoms with Gasteiger partial charge in [0.1, 0.15) is 11.5 Å². The lowest BCUT2D eigenvalue weighted by Crippen LogP contribution is -2.37. The average Bonchev–Trinajstić information content (AvgIpc) is 3.01. The summed E-state index contributed by atoms with van der Waals surface area (Å²) in [5, 5.41) is 0. The van der Waals surface area contributed by atoms with Crippen molar-refractivity contribution < 1.29 is 9.53 Å². The fourth-order valence-corrected chi connectivity index (χ4v) is 5.01. The Bertz CT molecular complexity index is 1180. The van der Waals surface area contributed by atoms with E-state index in [9.17, 15) is 4.79 Å². The van der Waals surface area contributed by atoms with Crippen molar-refractivity contribution in [1.82, 2.24) is 0 Å². The molecule has 2 aromatic carbocycles. The molecule has 0 aromatic heterocycles. The fraction of sp³-hybridized carbons (Fsp3) is 0.130. The Labute approximate surface area is 156 Å². The summed E-state index contributed by atoms with van der Waals surface area (Å²) < 4.78 is 6.46. The molecular weight excluding hydrogens is 336 g/mol. The molecule has 0 saturated heterocycles. The highest BCUT2D eigenvalue weighted by molar-refractivity contribution is 6.01. The Balaban J connectivity index is 1.70. The fourth-order valence-electron chi connectivity index (χ4n) is 5.01. The summed E-state index contributed by atoms with van der Waals surface area (Å²) in [4.78, 5) is 16.7. The normalized spacial score (nSPS) is 23.4. The van der Waals surface area contributed by atoms with E-state index in [-0.39, 0.29) is 5.41 Å². The second kappa shape index (κ2) is 4.86. The van der Waals surface area contributed by atoms with Crippen LogP contribution in [-0.2, 0) is 11.8 Å². The first-order chi connectivity index (χ1) is 13.2. The van der Waals surface area contributed by atoms with Gasteiger partial charge in [-0.1, -0.05) is 42.5 Å². The van der Waals surface area contributed by atoms with Crippen molar-refractivity contribution in [2.24, 2.45) is 10.7 Å². The number of primary amides is 1. The third-order valence-electron chi connectivity index (χ3n) is 6.06. The van der Waals surface area contributed by atoms with Gasteiger partial charge in [-0.2, -0.15) is 0 Å². The van der Waals surface area contributed by atoms with E-state index in [1.807, 2.05) is 42.6 Å². The van der Waals surface area contributed by atoms with Crippen LogP contribution in [0.1, 0.15) is 33.5 Å². The van der Waals surface area contributed by atoms with Gasteiger partial charge in [-0.25, -0.2) is 0 Å². The minimum Gasteiger partial charge on any atom is -0.459 e. The van der Waals surface area contributed by atoms with Crippen LogP contribution in [0, 0.1) is 0 Å². The monoisotopic (exact) mass is 352 g/mol. The first kappa shape index (κ1) is 14.7. The van der Waals surface area contributed by atoms with E-state index in [1.165, 1.54) is 16.7 Å². The number of hydrogen-bond acceptors (Lipinski definition) is 3. The summed E-state index contributed by atoms with van der Waals surface area (Å²) in [7, 11) is 0. The van der Waals surface area contributed by atoms with Gasteiger partial charge >= 0.3 is 0 Å². The van der Waals surface area contributed by atoms with Crippen molar-refractivity contribution >= 4 is 17.7 Å². The molecule has 1 spiro atoms. The molecule has 0 radical (unpaired) electrons. The van der Waals surface area contributed by atoms with Gasteiger partial charge in [-0.05, 0) is 28.8 Å². The van der Waals surface area contributed by atoms with E-state index in [4.69, 9.17) is 10.5 Å². The Hall–Kier alpha value is -3.40. The van der Waals surface area contributed by atoms with Gasteiger partial charge in [-0.3, -0.25) is 9.79 Å². The van der Waals surface area contributed by atoms with Crippen LogP contribution < -0.4 is 10.5 Å². The highest BCUT2D eigenvalue weighted by Crippen LogP contribution is 2.61. The van der Waals surface area contributed by atoms with Crippen LogP contribution in [0.4, 0.5) is 0 Å². The van der Waals surface area contributed by atoms with E-state index in [1.54, 1.807) is 6.07 Å². The van der Waals surface area contributed by atoms with Crippen LogP contribution in [0.3, 0.4) is 0 Å². The third kappa shape index (κ3) is 1.68. The number of aliphatic imine (C=N–C) groups is 1. The predicted molar refractivity (Wildman–Crippen MR) is 104 cm³/mol. The Morgan fingerprint density at radius 1 is 1.11 bits per heavy atom. The highest BCUT2D eigenvalue weighted by Gasteiger charge is 2.55. The number of carbonyl (C=O) groups is 1. The molecule has 1 amide bonds. The molecule has 1 atom stereocenters. The SMILES string of the molecule is NC(=O)c1ccccc1C1=C2Oc3cccc4c3C23CC=NC(=C3C=C1)C4. The van der Waals surface area contributed by atoms with Crippen LogP contribution in [0.2, 0.25) is 0 Å². The number of nitrogens with two attached hydrogens (primary N) is 1. The molecular formula is C23H16N2O2. The van der Waals surface area contributed by atoms with E-state index in [2.05, 4.69) is 17.1 Å². The molecule has 2 aliphatic carbocycles. The van der Waals surface area contributed by atoms with Crippen molar-refractivity contribution in [1.29, 1.82) is 0 Å². The third-order valence-corrected chi connectivity index (χ3v) is 6.06. The number of nitrogens with zero attached hydrogens (tertiary/aromatic N) is 1. The first-order valence-corrected chi connectivity index (χ1v) is 9.08. The van der Waals surface area contributed by atoms with Crippen molar-refractivity contribution in [2.45, 2.75) is 18.3 Å². The molecule has 130 valence electrons. The molecule has 6 rings (SSSR count). The zero-order valence-corrected chi connectivity index (χ0v) is 14.5. The van der Waals surface area contributed by atoms with Gasteiger partial charge in [0.25, 0.3) is 0 Å². The van der Waals surface area contributed by atoms with Crippen LogP contribution in [0.25, 0.3) is 5.57 Å².